The average molecular weight is 382 g/mol. The fourth-order valence-electron chi connectivity index (χ4n) is 3.75. The van der Waals surface area contributed by atoms with Gasteiger partial charge in [-0.3, -0.25) is 9.69 Å². The maximum Gasteiger partial charge on any atom is 0.322 e. The molecule has 2 N–H and O–H groups in total. The van der Waals surface area contributed by atoms with Crippen molar-refractivity contribution in [3.8, 4) is 0 Å². The van der Waals surface area contributed by atoms with Gasteiger partial charge in [-0.1, -0.05) is 12.1 Å². The molecule has 2 aliphatic rings. The normalized spacial score (nSPS) is 18.7. The maximum atomic E-state index is 13.2. The van der Waals surface area contributed by atoms with Crippen molar-refractivity contribution in [1.82, 2.24) is 10.6 Å². The highest BCUT2D eigenvalue weighted by Gasteiger charge is 2.30. The molecule has 1 saturated heterocycles. The van der Waals surface area contributed by atoms with E-state index in [1.807, 2.05) is 24.3 Å². The lowest BCUT2D eigenvalue weighted by Crippen LogP contribution is -2.50. The Hall–Kier alpha value is -2.93. The lowest BCUT2D eigenvalue weighted by Gasteiger charge is -2.36. The molecule has 146 valence electrons. The van der Waals surface area contributed by atoms with E-state index in [0.29, 0.717) is 42.5 Å². The molecule has 2 heterocycles. The molecular weight excluding hydrogens is 359 g/mol. The van der Waals surface area contributed by atoms with Crippen molar-refractivity contribution in [1.29, 1.82) is 0 Å². The largest absolute Gasteiger partial charge is 0.337 e. The monoisotopic (exact) mass is 382 g/mol. The first-order chi connectivity index (χ1) is 13.6. The van der Waals surface area contributed by atoms with E-state index in [9.17, 15) is 14.0 Å². The van der Waals surface area contributed by atoms with Crippen LogP contribution < -0.4 is 20.4 Å². The Bertz CT molecular complexity index is 865. The molecular formula is C21H23FN4O2. The summed E-state index contributed by atoms with van der Waals surface area (Å²) in [5.41, 5.74) is 1.80. The molecule has 2 aromatic rings. The first kappa shape index (κ1) is 18.4. The zero-order chi connectivity index (χ0) is 19.5. The summed E-state index contributed by atoms with van der Waals surface area (Å²) in [7, 11) is 0. The molecule has 3 amide bonds. The summed E-state index contributed by atoms with van der Waals surface area (Å²) in [4.78, 5) is 29.0. The van der Waals surface area contributed by atoms with E-state index in [1.165, 1.54) is 24.3 Å². The second-order valence-electron chi connectivity index (χ2n) is 7.15. The van der Waals surface area contributed by atoms with Gasteiger partial charge in [-0.15, -0.1) is 0 Å². The number of hydrogen-bond donors (Lipinski definition) is 2. The predicted octanol–water partition coefficient (Wildman–Crippen LogP) is 2.61. The highest BCUT2D eigenvalue weighted by molar-refractivity contribution is 6.10. The van der Waals surface area contributed by atoms with E-state index in [1.54, 1.807) is 9.80 Å². The number of carbonyl (C=O) groups excluding carboxylic acids is 2. The molecule has 2 aliphatic heterocycles. The van der Waals surface area contributed by atoms with Crippen LogP contribution in [0.4, 0.5) is 20.6 Å². The minimum atomic E-state index is -0.379. The summed E-state index contributed by atoms with van der Waals surface area (Å²) in [5.74, 6) is -0.124. The van der Waals surface area contributed by atoms with Crippen molar-refractivity contribution >= 4 is 23.3 Å². The van der Waals surface area contributed by atoms with Crippen LogP contribution in [0.1, 0.15) is 16.8 Å². The van der Waals surface area contributed by atoms with Gasteiger partial charge in [0, 0.05) is 25.2 Å². The predicted molar refractivity (Wildman–Crippen MR) is 106 cm³/mol. The second kappa shape index (κ2) is 7.98. The smallest absolute Gasteiger partial charge is 0.322 e. The summed E-state index contributed by atoms with van der Waals surface area (Å²) in [6.07, 6.45) is 1.07. The van der Waals surface area contributed by atoms with Gasteiger partial charge < -0.3 is 15.5 Å². The highest BCUT2D eigenvalue weighted by atomic mass is 19.1. The number of halogens is 1. The van der Waals surface area contributed by atoms with Crippen LogP contribution in [-0.4, -0.2) is 44.7 Å². The van der Waals surface area contributed by atoms with E-state index in [-0.39, 0.29) is 17.8 Å². The fraction of sp³-hybridized carbons (Fsp3) is 0.333. The number of anilines is 2. The minimum absolute atomic E-state index is 0.145. The number of para-hydroxylation sites is 2. The van der Waals surface area contributed by atoms with Crippen molar-refractivity contribution in [2.24, 2.45) is 5.92 Å². The third kappa shape index (κ3) is 3.71. The van der Waals surface area contributed by atoms with Gasteiger partial charge in [0.15, 0.2) is 0 Å². The molecule has 1 atom stereocenters. The molecule has 0 radical (unpaired) electrons. The molecule has 0 unspecified atom stereocenters. The van der Waals surface area contributed by atoms with Crippen LogP contribution in [0, 0.1) is 11.7 Å². The van der Waals surface area contributed by atoms with Gasteiger partial charge in [0.2, 0.25) is 0 Å². The van der Waals surface area contributed by atoms with Crippen molar-refractivity contribution in [2.45, 2.75) is 6.42 Å². The average Bonchev–Trinajstić information content (AvgIpc) is 3.25. The Kier molecular flexibility index (Phi) is 5.25. The van der Waals surface area contributed by atoms with Crippen LogP contribution >= 0.6 is 0 Å². The molecule has 0 aliphatic carbocycles. The van der Waals surface area contributed by atoms with E-state index in [2.05, 4.69) is 10.6 Å². The van der Waals surface area contributed by atoms with E-state index in [0.717, 1.165) is 19.5 Å². The first-order valence-corrected chi connectivity index (χ1v) is 9.56. The van der Waals surface area contributed by atoms with Gasteiger partial charge in [0.05, 0.1) is 11.4 Å². The van der Waals surface area contributed by atoms with Crippen molar-refractivity contribution in [3.63, 3.8) is 0 Å². The maximum absolute atomic E-state index is 13.2. The van der Waals surface area contributed by atoms with E-state index in [4.69, 9.17) is 0 Å². The number of amides is 3. The number of nitrogens with one attached hydrogen (secondary N) is 2. The Morgan fingerprint density at radius 2 is 1.71 bits per heavy atom. The van der Waals surface area contributed by atoms with Gasteiger partial charge in [-0.25, -0.2) is 9.18 Å². The Labute approximate surface area is 163 Å². The van der Waals surface area contributed by atoms with E-state index >= 15 is 0 Å². The zero-order valence-electron chi connectivity index (χ0n) is 15.5. The van der Waals surface area contributed by atoms with Gasteiger partial charge in [-0.05, 0) is 61.8 Å². The number of urea groups is 1. The summed E-state index contributed by atoms with van der Waals surface area (Å²) in [6.45, 7) is 3.34. The summed E-state index contributed by atoms with van der Waals surface area (Å²) < 4.78 is 13.2. The number of carbonyl (C=O) groups is 2. The third-order valence-corrected chi connectivity index (χ3v) is 5.30. The SMILES string of the molecule is O=C(NC[C@H]1CCNC1)N1CCN(C(=O)c2ccc(F)cc2)c2ccccc21. The first-order valence-electron chi connectivity index (χ1n) is 9.56. The van der Waals surface area contributed by atoms with Crippen LogP contribution in [0.25, 0.3) is 0 Å². The molecule has 0 spiro atoms. The Morgan fingerprint density at radius 3 is 2.39 bits per heavy atom. The van der Waals surface area contributed by atoms with Crippen LogP contribution in [0.15, 0.2) is 48.5 Å². The van der Waals surface area contributed by atoms with Gasteiger partial charge in [-0.2, -0.15) is 0 Å². The quantitative estimate of drug-likeness (QED) is 0.858. The standard InChI is InChI=1S/C21H23FN4O2/c22-17-7-5-16(6-8-17)20(27)25-11-12-26(19-4-2-1-3-18(19)25)21(28)24-14-15-9-10-23-13-15/h1-8,15,23H,9-14H2,(H,24,28)/t15-/m0/s1. The molecule has 6 nitrogen and oxygen atoms in total. The molecule has 2 aromatic carbocycles. The highest BCUT2D eigenvalue weighted by Crippen LogP contribution is 2.33. The Balaban J connectivity index is 1.52. The van der Waals surface area contributed by atoms with Gasteiger partial charge >= 0.3 is 6.03 Å². The fourth-order valence-corrected chi connectivity index (χ4v) is 3.75. The van der Waals surface area contributed by atoms with Gasteiger partial charge in [0.25, 0.3) is 5.91 Å². The number of benzene rings is 2. The van der Waals surface area contributed by atoms with Crippen molar-refractivity contribution in [3.05, 3.63) is 59.9 Å². The molecule has 0 bridgehead atoms. The lowest BCUT2D eigenvalue weighted by molar-refractivity contribution is 0.0986. The number of nitrogens with zero attached hydrogens (tertiary/aromatic N) is 2. The Morgan fingerprint density at radius 1 is 1.04 bits per heavy atom. The van der Waals surface area contributed by atoms with Crippen LogP contribution in [-0.2, 0) is 0 Å². The zero-order valence-corrected chi connectivity index (χ0v) is 15.5. The lowest BCUT2D eigenvalue weighted by atomic mass is 10.1. The van der Waals surface area contributed by atoms with Gasteiger partial charge in [0.1, 0.15) is 5.82 Å². The molecule has 7 heteroatoms. The number of rotatable bonds is 3. The van der Waals surface area contributed by atoms with Crippen LogP contribution in [0.2, 0.25) is 0 Å². The van der Waals surface area contributed by atoms with Crippen LogP contribution in [0.3, 0.4) is 0 Å². The van der Waals surface area contributed by atoms with Crippen molar-refractivity contribution < 1.29 is 14.0 Å². The summed E-state index contributed by atoms with van der Waals surface area (Å²) >= 11 is 0. The van der Waals surface area contributed by atoms with Crippen LogP contribution in [0.5, 0.6) is 0 Å². The third-order valence-electron chi connectivity index (χ3n) is 5.30. The summed E-state index contributed by atoms with van der Waals surface area (Å²) in [6, 6.07) is 12.7. The molecule has 0 saturated carbocycles. The number of fused-ring (bicyclic) bond motifs is 1. The minimum Gasteiger partial charge on any atom is -0.337 e. The molecule has 1 fully saturated rings. The van der Waals surface area contributed by atoms with E-state index < -0.39 is 0 Å². The molecule has 28 heavy (non-hydrogen) atoms. The second-order valence-corrected chi connectivity index (χ2v) is 7.15. The van der Waals surface area contributed by atoms with Crippen molar-refractivity contribution in [2.75, 3.05) is 42.5 Å². The number of hydrogen-bond acceptors (Lipinski definition) is 3. The topological polar surface area (TPSA) is 64.7 Å². The summed E-state index contributed by atoms with van der Waals surface area (Å²) in [5, 5.41) is 6.32. The molecule has 4 rings (SSSR count). The molecule has 0 aromatic heterocycles.